The van der Waals surface area contributed by atoms with Gasteiger partial charge in [0.25, 0.3) is 0 Å². The molecule has 0 aliphatic carbocycles. The van der Waals surface area contributed by atoms with E-state index >= 15 is 0 Å². The number of benzene rings is 3. The number of para-hydroxylation sites is 2. The molecule has 5 nitrogen and oxygen atoms in total. The molecule has 2 aliphatic rings. The van der Waals surface area contributed by atoms with E-state index in [0.717, 1.165) is 21.2 Å². The molecule has 0 saturated heterocycles. The molecule has 2 aliphatic heterocycles. The minimum absolute atomic E-state index is 0.216. The molecule has 3 aromatic carbocycles. The van der Waals surface area contributed by atoms with Crippen molar-refractivity contribution in [1.29, 1.82) is 0 Å². The van der Waals surface area contributed by atoms with Crippen molar-refractivity contribution in [2.45, 2.75) is 9.79 Å². The summed E-state index contributed by atoms with van der Waals surface area (Å²) >= 11 is 1.67. The van der Waals surface area contributed by atoms with E-state index in [0.29, 0.717) is 30.4 Å². The largest absolute Gasteiger partial charge is 0.486 e. The second-order valence-corrected chi connectivity index (χ2v) is 7.25. The lowest BCUT2D eigenvalue weighted by Gasteiger charge is -2.31. The van der Waals surface area contributed by atoms with Crippen LogP contribution in [0.3, 0.4) is 0 Å². The van der Waals surface area contributed by atoms with Gasteiger partial charge in [0.15, 0.2) is 11.5 Å². The van der Waals surface area contributed by atoms with Crippen LogP contribution in [0.5, 0.6) is 11.5 Å². The second-order valence-electron chi connectivity index (χ2n) is 6.16. The number of fused-ring (bicyclic) bond motifs is 3. The van der Waals surface area contributed by atoms with Gasteiger partial charge in [0.2, 0.25) is 0 Å². The van der Waals surface area contributed by atoms with Crippen molar-refractivity contribution in [2.24, 2.45) is 0 Å². The molecule has 0 fully saturated rings. The molecule has 1 N–H and O–H groups in total. The fraction of sp³-hybridized carbons (Fsp3) is 0.0952. The third-order valence-corrected chi connectivity index (χ3v) is 5.56. The maximum atomic E-state index is 13.2. The van der Waals surface area contributed by atoms with Crippen molar-refractivity contribution in [3.8, 4) is 11.5 Å². The summed E-state index contributed by atoms with van der Waals surface area (Å²) in [5.41, 5.74) is 2.41. The summed E-state index contributed by atoms with van der Waals surface area (Å²) in [7, 11) is 0. The Balaban J connectivity index is 1.50. The van der Waals surface area contributed by atoms with Crippen molar-refractivity contribution in [1.82, 2.24) is 0 Å². The van der Waals surface area contributed by atoms with Gasteiger partial charge in [-0.05, 0) is 36.4 Å². The van der Waals surface area contributed by atoms with E-state index in [-0.39, 0.29) is 6.03 Å². The second kappa shape index (κ2) is 6.55. The van der Waals surface area contributed by atoms with E-state index in [9.17, 15) is 4.79 Å². The molecule has 6 heteroatoms. The highest BCUT2D eigenvalue weighted by atomic mass is 32.2. The lowest BCUT2D eigenvalue weighted by atomic mass is 10.2. The number of hydrogen-bond acceptors (Lipinski definition) is 4. The Bertz CT molecular complexity index is 992. The highest BCUT2D eigenvalue weighted by molar-refractivity contribution is 7.99. The summed E-state index contributed by atoms with van der Waals surface area (Å²) < 4.78 is 11.2. The number of carbonyl (C=O) groups excluding carboxylic acids is 1. The lowest BCUT2D eigenvalue weighted by molar-refractivity contribution is 0.171. The first-order chi connectivity index (χ1) is 13.3. The Hall–Kier alpha value is -3.12. The smallest absolute Gasteiger partial charge is 0.331 e. The van der Waals surface area contributed by atoms with Gasteiger partial charge < -0.3 is 14.8 Å². The average molecular weight is 376 g/mol. The van der Waals surface area contributed by atoms with Gasteiger partial charge in [0, 0.05) is 21.5 Å². The minimum Gasteiger partial charge on any atom is -0.486 e. The fourth-order valence-corrected chi connectivity index (χ4v) is 4.28. The Morgan fingerprint density at radius 3 is 2.19 bits per heavy atom. The standard InChI is InChI=1S/C21H16N2O3S/c24-21(22-14-9-10-17-18(13-14)26-12-11-25-17)23-15-5-1-3-7-19(15)27-20-8-4-2-6-16(20)23/h1-10,13H,11-12H2,(H,22,24). The third kappa shape index (κ3) is 2.88. The predicted molar refractivity (Wildman–Crippen MR) is 106 cm³/mol. The maximum absolute atomic E-state index is 13.2. The Kier molecular flexibility index (Phi) is 3.90. The number of carbonyl (C=O) groups is 1. The monoisotopic (exact) mass is 376 g/mol. The number of amides is 2. The van der Waals surface area contributed by atoms with Crippen molar-refractivity contribution < 1.29 is 14.3 Å². The molecule has 2 amide bonds. The SMILES string of the molecule is O=C(Nc1ccc2c(c1)OCCO2)N1c2ccccc2Sc2ccccc21. The molecular formula is C21H16N2O3S. The van der Waals surface area contributed by atoms with Crippen LogP contribution in [0, 0.1) is 0 Å². The molecule has 0 spiro atoms. The molecule has 134 valence electrons. The summed E-state index contributed by atoms with van der Waals surface area (Å²) in [4.78, 5) is 17.0. The maximum Gasteiger partial charge on any atom is 0.331 e. The molecule has 0 saturated carbocycles. The van der Waals surface area contributed by atoms with Crippen molar-refractivity contribution in [3.63, 3.8) is 0 Å². The van der Waals surface area contributed by atoms with Crippen molar-refractivity contribution >= 4 is 34.9 Å². The molecule has 2 heterocycles. The summed E-state index contributed by atoms with van der Waals surface area (Å²) in [5, 5.41) is 2.99. The molecule has 0 bridgehead atoms. The number of anilines is 3. The van der Waals surface area contributed by atoms with Crippen LogP contribution in [0.2, 0.25) is 0 Å². The Morgan fingerprint density at radius 1 is 0.852 bits per heavy atom. The quantitative estimate of drug-likeness (QED) is 0.627. The third-order valence-electron chi connectivity index (χ3n) is 4.43. The lowest BCUT2D eigenvalue weighted by Crippen LogP contribution is -2.32. The first-order valence-corrected chi connectivity index (χ1v) is 9.48. The Labute approximate surface area is 160 Å². The van der Waals surface area contributed by atoms with Crippen LogP contribution in [0.4, 0.5) is 21.9 Å². The Morgan fingerprint density at radius 2 is 1.48 bits per heavy atom. The molecule has 0 unspecified atom stereocenters. The number of ether oxygens (including phenoxy) is 2. The van der Waals surface area contributed by atoms with Gasteiger partial charge in [-0.3, -0.25) is 4.90 Å². The zero-order valence-electron chi connectivity index (χ0n) is 14.3. The molecule has 0 aromatic heterocycles. The van der Waals surface area contributed by atoms with Crippen LogP contribution in [-0.2, 0) is 0 Å². The number of urea groups is 1. The molecule has 27 heavy (non-hydrogen) atoms. The van der Waals surface area contributed by atoms with Gasteiger partial charge in [-0.1, -0.05) is 36.0 Å². The van der Waals surface area contributed by atoms with Gasteiger partial charge >= 0.3 is 6.03 Å². The highest BCUT2D eigenvalue weighted by Crippen LogP contribution is 2.48. The van der Waals surface area contributed by atoms with Crippen molar-refractivity contribution in [3.05, 3.63) is 66.7 Å². The normalized spacial score (nSPS) is 14.1. The molecule has 0 radical (unpaired) electrons. The average Bonchev–Trinajstić information content (AvgIpc) is 2.71. The first-order valence-electron chi connectivity index (χ1n) is 8.66. The fourth-order valence-electron chi connectivity index (χ4n) is 3.22. The highest BCUT2D eigenvalue weighted by Gasteiger charge is 2.28. The van der Waals surface area contributed by atoms with Gasteiger partial charge in [-0.2, -0.15) is 0 Å². The topological polar surface area (TPSA) is 50.8 Å². The zero-order valence-corrected chi connectivity index (χ0v) is 15.2. The number of nitrogens with one attached hydrogen (secondary N) is 1. The summed E-state index contributed by atoms with van der Waals surface area (Å²) in [5.74, 6) is 1.35. The molecular weight excluding hydrogens is 360 g/mol. The summed E-state index contributed by atoms with van der Waals surface area (Å²) in [6, 6.07) is 21.0. The number of hydrogen-bond donors (Lipinski definition) is 1. The van der Waals surface area contributed by atoms with Crippen LogP contribution in [0.1, 0.15) is 0 Å². The van der Waals surface area contributed by atoms with Crippen molar-refractivity contribution in [2.75, 3.05) is 23.4 Å². The van der Waals surface area contributed by atoms with Crippen LogP contribution >= 0.6 is 11.8 Å². The van der Waals surface area contributed by atoms with Gasteiger partial charge in [-0.15, -0.1) is 0 Å². The summed E-state index contributed by atoms with van der Waals surface area (Å²) in [6.07, 6.45) is 0. The predicted octanol–water partition coefficient (Wildman–Crippen LogP) is 5.29. The minimum atomic E-state index is -0.216. The molecule has 5 rings (SSSR count). The van der Waals surface area contributed by atoms with E-state index < -0.39 is 0 Å². The van der Waals surface area contributed by atoms with Gasteiger partial charge in [-0.25, -0.2) is 4.79 Å². The molecule has 0 atom stereocenters. The number of rotatable bonds is 1. The first kappa shape index (κ1) is 16.1. The van der Waals surface area contributed by atoms with Gasteiger partial charge in [0.05, 0.1) is 11.4 Å². The molecule has 3 aromatic rings. The van der Waals surface area contributed by atoms with E-state index in [1.807, 2.05) is 60.7 Å². The van der Waals surface area contributed by atoms with E-state index in [4.69, 9.17) is 9.47 Å². The van der Waals surface area contributed by atoms with Crippen LogP contribution in [-0.4, -0.2) is 19.2 Å². The summed E-state index contributed by atoms with van der Waals surface area (Å²) in [6.45, 7) is 1.05. The zero-order chi connectivity index (χ0) is 18.2. The van der Waals surface area contributed by atoms with E-state index in [1.165, 1.54) is 0 Å². The van der Waals surface area contributed by atoms with Crippen LogP contribution in [0.15, 0.2) is 76.5 Å². The van der Waals surface area contributed by atoms with Crippen LogP contribution < -0.4 is 19.7 Å². The van der Waals surface area contributed by atoms with Crippen LogP contribution in [0.25, 0.3) is 0 Å². The van der Waals surface area contributed by atoms with E-state index in [2.05, 4.69) is 5.32 Å². The van der Waals surface area contributed by atoms with E-state index in [1.54, 1.807) is 22.7 Å². The number of nitrogens with zero attached hydrogens (tertiary/aromatic N) is 1. The van der Waals surface area contributed by atoms with Gasteiger partial charge in [0.1, 0.15) is 13.2 Å².